The quantitative estimate of drug-likeness (QED) is 0.289. The maximum Gasteiger partial charge on any atom is 0.263 e. The minimum atomic E-state index is -3.80. The highest BCUT2D eigenvalue weighted by atomic mass is 32.2. The molecule has 0 bridgehead atoms. The minimum absolute atomic E-state index is 0.0335. The maximum absolute atomic E-state index is 13.3. The lowest BCUT2D eigenvalue weighted by atomic mass is 9.89. The van der Waals surface area contributed by atoms with E-state index in [2.05, 4.69) is 18.8 Å². The Kier molecular flexibility index (Phi) is 6.76. The average Bonchev–Trinajstić information content (AvgIpc) is 3.11. The van der Waals surface area contributed by atoms with Gasteiger partial charge in [-0.2, -0.15) is 0 Å². The lowest BCUT2D eigenvalue weighted by Crippen LogP contribution is -2.24. The molecule has 1 amide bonds. The van der Waals surface area contributed by atoms with Gasteiger partial charge in [0.15, 0.2) is 5.16 Å². The van der Waals surface area contributed by atoms with Crippen molar-refractivity contribution in [2.75, 3.05) is 11.1 Å². The van der Waals surface area contributed by atoms with Crippen LogP contribution in [0.2, 0.25) is 0 Å². The molecule has 11 heteroatoms. The number of fused-ring (bicyclic) bond motifs is 3. The Labute approximate surface area is 200 Å². The molecule has 1 aliphatic rings. The Hall–Kier alpha value is -2.47. The Morgan fingerprint density at radius 1 is 1.39 bits per heavy atom. The zero-order chi connectivity index (χ0) is 23.8. The van der Waals surface area contributed by atoms with Gasteiger partial charge in [0.05, 0.1) is 16.0 Å². The molecule has 2 aromatic heterocycles. The van der Waals surface area contributed by atoms with E-state index in [0.717, 1.165) is 29.7 Å². The van der Waals surface area contributed by atoms with Crippen molar-refractivity contribution >= 4 is 54.9 Å². The molecule has 33 heavy (non-hydrogen) atoms. The molecule has 2 heterocycles. The van der Waals surface area contributed by atoms with Gasteiger partial charge in [-0.3, -0.25) is 14.2 Å². The third-order valence-electron chi connectivity index (χ3n) is 5.49. The number of nitrogens with two attached hydrogens (primary N) is 1. The Bertz CT molecular complexity index is 1390. The summed E-state index contributed by atoms with van der Waals surface area (Å²) in [6.07, 6.45) is 4.56. The van der Waals surface area contributed by atoms with Crippen molar-refractivity contribution in [2.45, 2.75) is 42.8 Å². The number of nitrogens with zero attached hydrogens (tertiary/aromatic N) is 2. The fourth-order valence-corrected chi connectivity index (χ4v) is 6.61. The fourth-order valence-electron chi connectivity index (χ4n) is 3.86. The van der Waals surface area contributed by atoms with E-state index in [0.29, 0.717) is 28.7 Å². The SMILES string of the molecule is C=CCn1c(SCC(=O)Nc2ccc(S(N)(=O)=O)cc2)nc2sc3c(c2c1=O)CC[C@H](C)C3. The Balaban J connectivity index is 1.55. The smallest absolute Gasteiger partial charge is 0.263 e. The van der Waals surface area contributed by atoms with Gasteiger partial charge in [-0.1, -0.05) is 24.8 Å². The maximum atomic E-state index is 13.3. The number of sulfonamides is 1. The number of primary sulfonamides is 1. The monoisotopic (exact) mass is 504 g/mol. The molecule has 0 unspecified atom stereocenters. The van der Waals surface area contributed by atoms with Gasteiger partial charge in [-0.15, -0.1) is 17.9 Å². The number of rotatable bonds is 7. The first-order chi connectivity index (χ1) is 15.7. The van der Waals surface area contributed by atoms with Gasteiger partial charge in [-0.25, -0.2) is 18.5 Å². The van der Waals surface area contributed by atoms with Crippen LogP contribution in [0.5, 0.6) is 0 Å². The number of hydrogen-bond acceptors (Lipinski definition) is 7. The molecule has 1 aliphatic carbocycles. The molecule has 0 spiro atoms. The normalized spacial score (nSPS) is 15.9. The van der Waals surface area contributed by atoms with Crippen LogP contribution in [0.1, 0.15) is 23.8 Å². The van der Waals surface area contributed by atoms with E-state index in [-0.39, 0.29) is 22.1 Å². The summed E-state index contributed by atoms with van der Waals surface area (Å²) in [4.78, 5) is 32.4. The number of amides is 1. The highest BCUT2D eigenvalue weighted by molar-refractivity contribution is 7.99. The van der Waals surface area contributed by atoms with E-state index < -0.39 is 10.0 Å². The largest absolute Gasteiger partial charge is 0.325 e. The van der Waals surface area contributed by atoms with Crippen molar-refractivity contribution in [1.82, 2.24) is 9.55 Å². The molecule has 0 aliphatic heterocycles. The van der Waals surface area contributed by atoms with E-state index in [1.807, 2.05) is 0 Å². The lowest BCUT2D eigenvalue weighted by molar-refractivity contribution is -0.113. The van der Waals surface area contributed by atoms with Gasteiger partial charge in [0.25, 0.3) is 5.56 Å². The van der Waals surface area contributed by atoms with Crippen molar-refractivity contribution in [3.05, 3.63) is 57.7 Å². The predicted molar refractivity (Wildman–Crippen MR) is 132 cm³/mol. The summed E-state index contributed by atoms with van der Waals surface area (Å²) in [6.45, 7) is 6.28. The average molecular weight is 505 g/mol. The van der Waals surface area contributed by atoms with E-state index in [1.54, 1.807) is 22.0 Å². The molecule has 0 saturated carbocycles. The van der Waals surface area contributed by atoms with Crippen LogP contribution in [0.4, 0.5) is 5.69 Å². The van der Waals surface area contributed by atoms with Crippen LogP contribution in [0.25, 0.3) is 10.2 Å². The van der Waals surface area contributed by atoms with Gasteiger partial charge in [0, 0.05) is 17.1 Å². The van der Waals surface area contributed by atoms with Crippen LogP contribution >= 0.6 is 23.1 Å². The Morgan fingerprint density at radius 3 is 2.79 bits per heavy atom. The van der Waals surface area contributed by atoms with Crippen molar-refractivity contribution in [3.8, 4) is 0 Å². The molecule has 8 nitrogen and oxygen atoms in total. The number of aryl methyl sites for hydroxylation is 1. The first kappa shape index (κ1) is 23.7. The molecule has 4 rings (SSSR count). The van der Waals surface area contributed by atoms with Crippen LogP contribution in [-0.2, 0) is 34.2 Å². The summed E-state index contributed by atoms with van der Waals surface area (Å²) in [5.41, 5.74) is 1.48. The van der Waals surface area contributed by atoms with Crippen molar-refractivity contribution in [3.63, 3.8) is 0 Å². The molecule has 1 aromatic carbocycles. The van der Waals surface area contributed by atoms with Gasteiger partial charge < -0.3 is 5.32 Å². The highest BCUT2D eigenvalue weighted by Gasteiger charge is 2.24. The summed E-state index contributed by atoms with van der Waals surface area (Å²) in [7, 11) is -3.80. The van der Waals surface area contributed by atoms with Gasteiger partial charge in [0.1, 0.15) is 4.83 Å². The lowest BCUT2D eigenvalue weighted by Gasteiger charge is -2.17. The number of carbonyl (C=O) groups excluding carboxylic acids is 1. The summed E-state index contributed by atoms with van der Waals surface area (Å²) >= 11 is 2.76. The molecule has 0 saturated heterocycles. The molecule has 1 atom stereocenters. The predicted octanol–water partition coefficient (Wildman–Crippen LogP) is 3.15. The number of nitrogens with one attached hydrogen (secondary N) is 1. The van der Waals surface area contributed by atoms with Crippen LogP contribution in [0.15, 0.2) is 51.8 Å². The second-order valence-electron chi connectivity index (χ2n) is 8.04. The van der Waals surface area contributed by atoms with E-state index in [9.17, 15) is 18.0 Å². The van der Waals surface area contributed by atoms with Crippen LogP contribution < -0.4 is 16.0 Å². The third-order valence-corrected chi connectivity index (χ3v) is 8.54. The molecule has 0 radical (unpaired) electrons. The van der Waals surface area contributed by atoms with Gasteiger partial charge >= 0.3 is 0 Å². The zero-order valence-electron chi connectivity index (χ0n) is 18.0. The number of thiophene rings is 1. The number of anilines is 1. The summed E-state index contributed by atoms with van der Waals surface area (Å²) in [5.74, 6) is 0.327. The first-order valence-electron chi connectivity index (χ1n) is 10.4. The molecule has 3 aromatic rings. The minimum Gasteiger partial charge on any atom is -0.325 e. The highest BCUT2D eigenvalue weighted by Crippen LogP contribution is 2.36. The molecular formula is C22H24N4O4S3. The summed E-state index contributed by atoms with van der Waals surface area (Å²) < 4.78 is 24.3. The van der Waals surface area contributed by atoms with E-state index >= 15 is 0 Å². The number of allylic oxidation sites excluding steroid dienone is 1. The molecule has 3 N–H and O–H groups in total. The number of benzene rings is 1. The molecular weight excluding hydrogens is 480 g/mol. The fraction of sp³-hybridized carbons (Fsp3) is 0.318. The number of carbonyl (C=O) groups is 1. The van der Waals surface area contributed by atoms with Gasteiger partial charge in [-0.05, 0) is 55.0 Å². The number of thioether (sulfide) groups is 1. The van der Waals surface area contributed by atoms with Crippen molar-refractivity contribution in [1.29, 1.82) is 0 Å². The van der Waals surface area contributed by atoms with E-state index in [1.165, 1.54) is 40.9 Å². The number of aromatic nitrogens is 2. The van der Waals surface area contributed by atoms with Crippen LogP contribution in [-0.4, -0.2) is 29.6 Å². The van der Waals surface area contributed by atoms with E-state index in [4.69, 9.17) is 10.1 Å². The second-order valence-corrected chi connectivity index (χ2v) is 11.6. The van der Waals surface area contributed by atoms with Crippen LogP contribution in [0, 0.1) is 5.92 Å². The topological polar surface area (TPSA) is 124 Å². The molecule has 174 valence electrons. The summed E-state index contributed by atoms with van der Waals surface area (Å²) in [6, 6.07) is 5.60. The Morgan fingerprint density at radius 2 is 2.12 bits per heavy atom. The summed E-state index contributed by atoms with van der Waals surface area (Å²) in [5, 5.41) is 8.97. The third kappa shape index (κ3) is 5.06. The van der Waals surface area contributed by atoms with Crippen molar-refractivity contribution < 1.29 is 13.2 Å². The second kappa shape index (κ2) is 9.41. The zero-order valence-corrected chi connectivity index (χ0v) is 20.5. The number of hydrogen-bond donors (Lipinski definition) is 2. The standard InChI is InChI=1S/C22H24N4O4S3/c1-3-10-26-21(28)19-16-9-4-13(2)11-17(16)32-20(19)25-22(26)31-12-18(27)24-14-5-7-15(8-6-14)33(23,29)30/h3,5-8,13H,1,4,9-12H2,2H3,(H,24,27)(H2,23,29,30)/t13-/m0/s1. The van der Waals surface area contributed by atoms with Crippen molar-refractivity contribution in [2.24, 2.45) is 11.1 Å². The first-order valence-corrected chi connectivity index (χ1v) is 13.7. The molecule has 0 fully saturated rings. The van der Waals surface area contributed by atoms with Gasteiger partial charge in [0.2, 0.25) is 15.9 Å². The van der Waals surface area contributed by atoms with Crippen LogP contribution in [0.3, 0.4) is 0 Å².